The lowest BCUT2D eigenvalue weighted by molar-refractivity contribution is 0.0529. The predicted molar refractivity (Wildman–Crippen MR) is 89.0 cm³/mol. The van der Waals surface area contributed by atoms with Crippen LogP contribution in [0.3, 0.4) is 0 Å². The zero-order chi connectivity index (χ0) is 16.3. The molecule has 0 aromatic carbocycles. The van der Waals surface area contributed by atoms with Crippen LogP contribution in [0.4, 0.5) is 9.18 Å². The molecule has 0 aliphatic carbocycles. The molecule has 132 valence electrons. The third-order valence-electron chi connectivity index (χ3n) is 3.72. The molecule has 0 heterocycles. The van der Waals surface area contributed by atoms with Crippen molar-refractivity contribution in [2.75, 3.05) is 19.9 Å². The Kier molecular flexibility index (Phi) is 17.6. The number of ether oxygens (including phenoxy) is 2. The van der Waals surface area contributed by atoms with Gasteiger partial charge in [0.2, 0.25) is 0 Å². The molecule has 0 aliphatic rings. The Labute approximate surface area is 135 Å². The van der Waals surface area contributed by atoms with E-state index < -0.39 is 6.16 Å². The maximum atomic E-state index is 11.9. The van der Waals surface area contributed by atoms with Crippen molar-refractivity contribution in [1.82, 2.24) is 0 Å². The minimum absolute atomic E-state index is 0.235. The van der Waals surface area contributed by atoms with Crippen LogP contribution < -0.4 is 0 Å². The van der Waals surface area contributed by atoms with E-state index >= 15 is 0 Å². The second kappa shape index (κ2) is 18.2. The van der Waals surface area contributed by atoms with Gasteiger partial charge in [0.15, 0.2) is 0 Å². The zero-order valence-corrected chi connectivity index (χ0v) is 14.4. The van der Waals surface area contributed by atoms with Gasteiger partial charge in [-0.25, -0.2) is 4.79 Å². The number of hydrogen-bond donors (Lipinski definition) is 0. The maximum Gasteiger partial charge on any atom is 0.508 e. The van der Waals surface area contributed by atoms with Crippen LogP contribution in [0.5, 0.6) is 0 Å². The van der Waals surface area contributed by atoms with E-state index in [-0.39, 0.29) is 6.67 Å². The quantitative estimate of drug-likeness (QED) is 0.251. The summed E-state index contributed by atoms with van der Waals surface area (Å²) in [4.78, 5) is 11.3. The van der Waals surface area contributed by atoms with Crippen molar-refractivity contribution in [3.63, 3.8) is 0 Å². The first-order chi connectivity index (χ1) is 10.8. The van der Waals surface area contributed by atoms with E-state index in [2.05, 4.69) is 6.92 Å². The SMILES string of the molecule is CCCCCCCCCCOC(=O)OCCCCCCCF. The minimum atomic E-state index is -0.549. The van der Waals surface area contributed by atoms with Gasteiger partial charge >= 0.3 is 6.16 Å². The second-order valence-corrected chi connectivity index (χ2v) is 5.88. The normalized spacial score (nSPS) is 10.6. The van der Waals surface area contributed by atoms with Crippen molar-refractivity contribution in [1.29, 1.82) is 0 Å². The Balaban J connectivity index is 3.13. The van der Waals surface area contributed by atoms with Crippen molar-refractivity contribution in [2.45, 2.75) is 90.4 Å². The van der Waals surface area contributed by atoms with Crippen LogP contribution in [0.1, 0.15) is 90.4 Å². The van der Waals surface area contributed by atoms with Crippen molar-refractivity contribution < 1.29 is 18.7 Å². The third kappa shape index (κ3) is 17.3. The summed E-state index contributed by atoms with van der Waals surface area (Å²) in [6, 6.07) is 0. The van der Waals surface area contributed by atoms with Gasteiger partial charge in [0.1, 0.15) is 0 Å². The third-order valence-corrected chi connectivity index (χ3v) is 3.72. The predicted octanol–water partition coefficient (Wildman–Crippen LogP) is 6.20. The molecule has 0 N–H and O–H groups in total. The monoisotopic (exact) mass is 318 g/mol. The molecule has 3 nitrogen and oxygen atoms in total. The molecule has 0 aromatic heterocycles. The molecule has 0 bridgehead atoms. The van der Waals surface area contributed by atoms with E-state index in [0.717, 1.165) is 38.5 Å². The van der Waals surface area contributed by atoms with Gasteiger partial charge in [0, 0.05) is 0 Å². The van der Waals surface area contributed by atoms with Crippen molar-refractivity contribution in [3.05, 3.63) is 0 Å². The molecule has 0 radical (unpaired) electrons. The van der Waals surface area contributed by atoms with Crippen LogP contribution in [0, 0.1) is 0 Å². The molecule has 0 saturated heterocycles. The molecule has 0 saturated carbocycles. The molecule has 0 amide bonds. The van der Waals surface area contributed by atoms with E-state index in [1.807, 2.05) is 0 Å². The van der Waals surface area contributed by atoms with E-state index in [0.29, 0.717) is 19.6 Å². The zero-order valence-electron chi connectivity index (χ0n) is 14.4. The molecule has 0 rings (SSSR count). The van der Waals surface area contributed by atoms with Crippen molar-refractivity contribution in [3.8, 4) is 0 Å². The summed E-state index contributed by atoms with van der Waals surface area (Å²) in [5, 5.41) is 0. The maximum absolute atomic E-state index is 11.9. The fourth-order valence-electron chi connectivity index (χ4n) is 2.32. The molecule has 4 heteroatoms. The highest BCUT2D eigenvalue weighted by molar-refractivity contribution is 5.59. The first-order valence-electron chi connectivity index (χ1n) is 9.16. The smallest absolute Gasteiger partial charge is 0.434 e. The molecule has 0 fully saturated rings. The number of unbranched alkanes of at least 4 members (excludes halogenated alkanes) is 11. The summed E-state index contributed by atoms with van der Waals surface area (Å²) >= 11 is 0. The van der Waals surface area contributed by atoms with Crippen LogP contribution in [0.2, 0.25) is 0 Å². The van der Waals surface area contributed by atoms with Gasteiger partial charge in [-0.1, -0.05) is 71.1 Å². The largest absolute Gasteiger partial charge is 0.508 e. The topological polar surface area (TPSA) is 35.5 Å². The van der Waals surface area contributed by atoms with Crippen molar-refractivity contribution in [2.24, 2.45) is 0 Å². The minimum Gasteiger partial charge on any atom is -0.434 e. The Morgan fingerprint density at radius 1 is 0.682 bits per heavy atom. The molecular formula is C18H35FO3. The lowest BCUT2D eigenvalue weighted by Gasteiger charge is -2.06. The van der Waals surface area contributed by atoms with E-state index in [9.17, 15) is 9.18 Å². The molecule has 0 atom stereocenters. The fourth-order valence-corrected chi connectivity index (χ4v) is 2.32. The number of alkyl halides is 1. The second-order valence-electron chi connectivity index (χ2n) is 5.88. The summed E-state index contributed by atoms with van der Waals surface area (Å²) in [5.74, 6) is 0. The number of rotatable bonds is 16. The molecule has 0 aromatic rings. The summed E-state index contributed by atoms with van der Waals surface area (Å²) in [6.07, 6.45) is 13.7. The van der Waals surface area contributed by atoms with Gasteiger partial charge in [-0.15, -0.1) is 0 Å². The lowest BCUT2D eigenvalue weighted by Crippen LogP contribution is -2.09. The van der Waals surface area contributed by atoms with Gasteiger partial charge < -0.3 is 9.47 Å². The van der Waals surface area contributed by atoms with E-state index in [4.69, 9.17) is 9.47 Å². The van der Waals surface area contributed by atoms with Gasteiger partial charge in [0.05, 0.1) is 19.9 Å². The average molecular weight is 318 g/mol. The average Bonchev–Trinajstić information content (AvgIpc) is 2.52. The summed E-state index contributed by atoms with van der Waals surface area (Å²) in [5.41, 5.74) is 0. The molecule has 0 aliphatic heterocycles. The number of carbonyl (C=O) groups is 1. The highest BCUT2D eigenvalue weighted by Gasteiger charge is 2.03. The Morgan fingerprint density at radius 2 is 1.09 bits per heavy atom. The van der Waals surface area contributed by atoms with Crippen LogP contribution in [-0.4, -0.2) is 26.0 Å². The number of carbonyl (C=O) groups excluding carboxylic acids is 1. The van der Waals surface area contributed by atoms with Gasteiger partial charge in [-0.3, -0.25) is 4.39 Å². The standard InChI is InChI=1S/C18H35FO3/c1-2-3-4-5-6-7-10-13-16-21-18(20)22-17-14-11-8-9-12-15-19/h2-17H2,1H3. The lowest BCUT2D eigenvalue weighted by atomic mass is 10.1. The summed E-state index contributed by atoms with van der Waals surface area (Å²) in [7, 11) is 0. The van der Waals surface area contributed by atoms with Gasteiger partial charge in [-0.05, 0) is 19.3 Å². The molecule has 22 heavy (non-hydrogen) atoms. The number of halogens is 1. The highest BCUT2D eigenvalue weighted by Crippen LogP contribution is 2.08. The van der Waals surface area contributed by atoms with Crippen molar-refractivity contribution >= 4 is 6.16 Å². The summed E-state index contributed by atoms with van der Waals surface area (Å²) < 4.78 is 21.9. The van der Waals surface area contributed by atoms with E-state index in [1.54, 1.807) is 0 Å². The van der Waals surface area contributed by atoms with Gasteiger partial charge in [0.25, 0.3) is 0 Å². The number of hydrogen-bond acceptors (Lipinski definition) is 3. The summed E-state index contributed by atoms with van der Waals surface area (Å²) in [6.45, 7) is 2.86. The highest BCUT2D eigenvalue weighted by atomic mass is 19.1. The van der Waals surface area contributed by atoms with E-state index in [1.165, 1.54) is 38.5 Å². The molecule has 0 unspecified atom stereocenters. The van der Waals surface area contributed by atoms with Crippen LogP contribution >= 0.6 is 0 Å². The molecule has 0 spiro atoms. The Hall–Kier alpha value is -0.800. The fraction of sp³-hybridized carbons (Fsp3) is 0.944. The Bertz CT molecular complexity index is 234. The first-order valence-corrected chi connectivity index (χ1v) is 9.16. The van der Waals surface area contributed by atoms with Crippen LogP contribution in [0.15, 0.2) is 0 Å². The van der Waals surface area contributed by atoms with Crippen LogP contribution in [-0.2, 0) is 9.47 Å². The Morgan fingerprint density at radius 3 is 1.55 bits per heavy atom. The molecular weight excluding hydrogens is 283 g/mol. The van der Waals surface area contributed by atoms with Crippen LogP contribution in [0.25, 0.3) is 0 Å². The van der Waals surface area contributed by atoms with Gasteiger partial charge in [-0.2, -0.15) is 0 Å². The first kappa shape index (κ1) is 21.2.